The minimum Gasteiger partial charge on any atom is -0.368 e. The number of primary amides is 1. The van der Waals surface area contributed by atoms with Crippen molar-refractivity contribution in [2.75, 3.05) is 13.1 Å². The lowest BCUT2D eigenvalue weighted by molar-refractivity contribution is -0.117. The normalized spacial score (nSPS) is 10.6. The van der Waals surface area contributed by atoms with E-state index in [-0.39, 0.29) is 36.4 Å². The molecule has 0 radical (unpaired) electrons. The highest BCUT2D eigenvalue weighted by Crippen LogP contribution is 2.08. The third-order valence-corrected chi connectivity index (χ3v) is 4.29. The van der Waals surface area contributed by atoms with Crippen LogP contribution in [0.1, 0.15) is 27.7 Å². The van der Waals surface area contributed by atoms with Crippen LogP contribution in [0.25, 0.3) is 0 Å². The predicted molar refractivity (Wildman–Crippen MR) is 119 cm³/mol. The van der Waals surface area contributed by atoms with Crippen molar-refractivity contribution in [2.24, 2.45) is 10.7 Å². The summed E-state index contributed by atoms with van der Waals surface area (Å²) in [4.78, 5) is 28.3. The highest BCUT2D eigenvalue weighted by molar-refractivity contribution is 14.0. The molecule has 1 heterocycles. The van der Waals surface area contributed by atoms with Crippen LogP contribution in [-0.4, -0.2) is 30.9 Å². The second-order valence-electron chi connectivity index (χ2n) is 5.47. The molecule has 0 atom stereocenters. The highest BCUT2D eigenvalue weighted by Gasteiger charge is 2.06. The Hall–Kier alpha value is -2.14. The average molecular weight is 501 g/mol. The van der Waals surface area contributed by atoms with Gasteiger partial charge in [0.15, 0.2) is 5.96 Å². The van der Waals surface area contributed by atoms with Gasteiger partial charge in [0.2, 0.25) is 5.91 Å². The summed E-state index contributed by atoms with van der Waals surface area (Å²) in [5, 5.41) is 11.0. The maximum atomic E-state index is 11.8. The van der Waals surface area contributed by atoms with Gasteiger partial charge in [0.1, 0.15) is 0 Å². The topological polar surface area (TPSA) is 109 Å². The minimum absolute atomic E-state index is 0. The van der Waals surface area contributed by atoms with Gasteiger partial charge in [-0.1, -0.05) is 18.2 Å². The zero-order valence-electron chi connectivity index (χ0n) is 15.0. The number of hydrogen-bond donors (Lipinski definition) is 4. The summed E-state index contributed by atoms with van der Waals surface area (Å²) >= 11 is 1.70. The molecule has 0 bridgehead atoms. The maximum absolute atomic E-state index is 11.8. The second-order valence-corrected chi connectivity index (χ2v) is 6.51. The van der Waals surface area contributed by atoms with E-state index in [1.165, 1.54) is 4.88 Å². The van der Waals surface area contributed by atoms with Crippen LogP contribution >= 0.6 is 35.3 Å². The Kier molecular flexibility index (Phi) is 10.4. The fourth-order valence-electron chi connectivity index (χ4n) is 2.13. The standard InChI is InChI=1S/C18H23N5O2S.HI/c1-2-20-18(23-11-15-4-3-9-26-15)22-10-13-5-7-14(8-6-13)17(25)21-12-16(19)24;/h3-9H,2,10-12H2,1H3,(H2,19,24)(H,21,25)(H2,20,22,23);1H. The van der Waals surface area contributed by atoms with Crippen LogP contribution in [0.3, 0.4) is 0 Å². The number of aliphatic imine (C=N–C) groups is 1. The van der Waals surface area contributed by atoms with Gasteiger partial charge in [0.05, 0.1) is 19.6 Å². The first kappa shape index (κ1) is 22.9. The fourth-order valence-corrected chi connectivity index (χ4v) is 2.77. The summed E-state index contributed by atoms with van der Waals surface area (Å²) in [6.45, 7) is 3.83. The molecule has 146 valence electrons. The number of nitrogens with two attached hydrogens (primary N) is 1. The van der Waals surface area contributed by atoms with Crippen molar-refractivity contribution in [3.05, 3.63) is 57.8 Å². The van der Waals surface area contributed by atoms with Gasteiger partial charge < -0.3 is 21.7 Å². The van der Waals surface area contributed by atoms with E-state index in [1.807, 2.05) is 30.5 Å². The molecule has 0 spiro atoms. The first-order valence-corrected chi connectivity index (χ1v) is 9.16. The van der Waals surface area contributed by atoms with Crippen LogP contribution in [0.5, 0.6) is 0 Å². The van der Waals surface area contributed by atoms with Crippen molar-refractivity contribution >= 4 is 53.1 Å². The molecule has 1 aromatic carbocycles. The SMILES string of the molecule is CCNC(=NCc1ccc(C(=O)NCC(N)=O)cc1)NCc1cccs1.I. The van der Waals surface area contributed by atoms with Gasteiger partial charge >= 0.3 is 0 Å². The number of hydrogen-bond acceptors (Lipinski definition) is 4. The number of benzene rings is 1. The largest absolute Gasteiger partial charge is 0.368 e. The molecule has 0 aliphatic carbocycles. The number of halogens is 1. The summed E-state index contributed by atoms with van der Waals surface area (Å²) in [7, 11) is 0. The number of carbonyl (C=O) groups excluding carboxylic acids is 2. The molecule has 27 heavy (non-hydrogen) atoms. The van der Waals surface area contributed by atoms with Gasteiger partial charge in [-0.25, -0.2) is 4.99 Å². The lowest BCUT2D eigenvalue weighted by Crippen LogP contribution is -2.36. The number of thiophene rings is 1. The molecule has 0 saturated carbocycles. The summed E-state index contributed by atoms with van der Waals surface area (Å²) in [6.07, 6.45) is 0. The van der Waals surface area contributed by atoms with Gasteiger partial charge in [-0.15, -0.1) is 35.3 Å². The highest BCUT2D eigenvalue weighted by atomic mass is 127. The van der Waals surface area contributed by atoms with E-state index in [4.69, 9.17) is 5.73 Å². The Morgan fingerprint density at radius 2 is 1.85 bits per heavy atom. The Labute approximate surface area is 179 Å². The van der Waals surface area contributed by atoms with Crippen molar-refractivity contribution in [2.45, 2.75) is 20.0 Å². The van der Waals surface area contributed by atoms with Crippen LogP contribution in [0, 0.1) is 0 Å². The molecule has 1 aromatic heterocycles. The van der Waals surface area contributed by atoms with Crippen LogP contribution in [0.2, 0.25) is 0 Å². The van der Waals surface area contributed by atoms with Gasteiger partial charge in [0, 0.05) is 17.0 Å². The molecule has 2 aromatic rings. The van der Waals surface area contributed by atoms with E-state index in [0.29, 0.717) is 12.1 Å². The average Bonchev–Trinajstić information content (AvgIpc) is 3.16. The van der Waals surface area contributed by atoms with Crippen LogP contribution < -0.4 is 21.7 Å². The summed E-state index contributed by atoms with van der Waals surface area (Å²) in [5.74, 6) is -0.163. The fraction of sp³-hybridized carbons (Fsp3) is 0.278. The monoisotopic (exact) mass is 501 g/mol. The first-order valence-electron chi connectivity index (χ1n) is 8.28. The maximum Gasteiger partial charge on any atom is 0.251 e. The number of guanidine groups is 1. The molecule has 0 fully saturated rings. The molecule has 0 saturated heterocycles. The number of nitrogens with zero attached hydrogens (tertiary/aromatic N) is 1. The van der Waals surface area contributed by atoms with E-state index in [9.17, 15) is 9.59 Å². The van der Waals surface area contributed by atoms with Crippen molar-refractivity contribution in [3.63, 3.8) is 0 Å². The van der Waals surface area contributed by atoms with Crippen molar-refractivity contribution in [3.8, 4) is 0 Å². The van der Waals surface area contributed by atoms with Gasteiger partial charge in [-0.2, -0.15) is 0 Å². The number of rotatable bonds is 8. The zero-order valence-corrected chi connectivity index (χ0v) is 18.2. The first-order chi connectivity index (χ1) is 12.6. The number of amides is 2. The van der Waals surface area contributed by atoms with E-state index >= 15 is 0 Å². The molecule has 2 amide bonds. The number of carbonyl (C=O) groups is 2. The van der Waals surface area contributed by atoms with Crippen molar-refractivity contribution in [1.29, 1.82) is 0 Å². The molecule has 0 unspecified atom stereocenters. The Morgan fingerprint density at radius 1 is 1.11 bits per heavy atom. The third kappa shape index (κ3) is 8.39. The van der Waals surface area contributed by atoms with Crippen molar-refractivity contribution in [1.82, 2.24) is 16.0 Å². The second kappa shape index (κ2) is 12.3. The van der Waals surface area contributed by atoms with Crippen LogP contribution in [-0.2, 0) is 17.9 Å². The molecule has 5 N–H and O–H groups in total. The summed E-state index contributed by atoms with van der Waals surface area (Å²) in [5.41, 5.74) is 6.46. The molecule has 0 aliphatic heterocycles. The van der Waals surface area contributed by atoms with Gasteiger partial charge in [-0.05, 0) is 36.1 Å². The molecule has 9 heteroatoms. The number of nitrogens with one attached hydrogen (secondary N) is 3. The van der Waals surface area contributed by atoms with E-state index in [1.54, 1.807) is 23.5 Å². The van der Waals surface area contributed by atoms with Crippen LogP contribution in [0.4, 0.5) is 0 Å². The minimum atomic E-state index is -0.574. The van der Waals surface area contributed by atoms with Crippen LogP contribution in [0.15, 0.2) is 46.8 Å². The quantitative estimate of drug-likeness (QED) is 0.252. The summed E-state index contributed by atoms with van der Waals surface area (Å²) < 4.78 is 0. The molecular weight excluding hydrogens is 477 g/mol. The third-order valence-electron chi connectivity index (χ3n) is 3.41. The predicted octanol–water partition coefficient (Wildman–Crippen LogP) is 1.84. The Balaban J connectivity index is 0.00000364. The van der Waals surface area contributed by atoms with Gasteiger partial charge in [0.25, 0.3) is 5.91 Å². The van der Waals surface area contributed by atoms with Gasteiger partial charge in [-0.3, -0.25) is 9.59 Å². The molecule has 0 aliphatic rings. The van der Waals surface area contributed by atoms with E-state index in [0.717, 1.165) is 24.6 Å². The molecule has 7 nitrogen and oxygen atoms in total. The summed E-state index contributed by atoms with van der Waals surface area (Å²) in [6, 6.07) is 11.2. The lowest BCUT2D eigenvalue weighted by atomic mass is 10.1. The van der Waals surface area contributed by atoms with E-state index < -0.39 is 5.91 Å². The molecular formula is C18H24IN5O2S. The smallest absolute Gasteiger partial charge is 0.251 e. The Morgan fingerprint density at radius 3 is 2.44 bits per heavy atom. The lowest BCUT2D eigenvalue weighted by Gasteiger charge is -2.10. The van der Waals surface area contributed by atoms with Crippen molar-refractivity contribution < 1.29 is 9.59 Å². The Bertz CT molecular complexity index is 748. The zero-order chi connectivity index (χ0) is 18.8. The van der Waals surface area contributed by atoms with E-state index in [2.05, 4.69) is 27.0 Å². The molecule has 2 rings (SSSR count).